The van der Waals surface area contributed by atoms with E-state index in [0.717, 1.165) is 6.42 Å². The van der Waals surface area contributed by atoms with Crippen LogP contribution in [-0.4, -0.2) is 41.1 Å². The summed E-state index contributed by atoms with van der Waals surface area (Å²) in [4.78, 5) is 14.6. The second-order valence-electron chi connectivity index (χ2n) is 7.31. The van der Waals surface area contributed by atoms with E-state index in [1.165, 1.54) is 32.1 Å². The molecule has 2 aliphatic rings. The molecule has 2 N–H and O–H groups in total. The van der Waals surface area contributed by atoms with Gasteiger partial charge in [0.15, 0.2) is 0 Å². The summed E-state index contributed by atoms with van der Waals surface area (Å²) in [7, 11) is 0. The number of amides is 1. The van der Waals surface area contributed by atoms with E-state index in [0.29, 0.717) is 42.7 Å². The number of aliphatic hydroxyl groups is 1. The number of β-amino-alcohol motifs (C(OH)–C–C–N with tert-alkyl or cyclic N) is 1. The minimum Gasteiger partial charge on any atom is -0.392 e. The van der Waals surface area contributed by atoms with E-state index >= 15 is 0 Å². The van der Waals surface area contributed by atoms with E-state index in [-0.39, 0.29) is 12.0 Å². The molecule has 2 fully saturated rings. The maximum atomic E-state index is 12.3. The number of carbonyl (C=O) groups excluding carboxylic acids is 1. The zero-order valence-corrected chi connectivity index (χ0v) is 14.7. The highest BCUT2D eigenvalue weighted by molar-refractivity contribution is 5.92. The lowest BCUT2D eigenvalue weighted by molar-refractivity contribution is -0.116. The molecule has 0 aromatic heterocycles. The van der Waals surface area contributed by atoms with Gasteiger partial charge in [0.2, 0.25) is 5.91 Å². The zero-order valence-electron chi connectivity index (χ0n) is 14.7. The van der Waals surface area contributed by atoms with Crippen molar-refractivity contribution in [3.63, 3.8) is 0 Å². The van der Waals surface area contributed by atoms with Crippen molar-refractivity contribution in [2.45, 2.75) is 57.1 Å². The van der Waals surface area contributed by atoms with Crippen molar-refractivity contribution >= 4 is 11.6 Å². The number of hydrogen-bond acceptors (Lipinski definition) is 4. The quantitative estimate of drug-likeness (QED) is 0.863. The molecule has 2 atom stereocenters. The summed E-state index contributed by atoms with van der Waals surface area (Å²) in [6.07, 6.45) is 7.35. The maximum absolute atomic E-state index is 12.3. The summed E-state index contributed by atoms with van der Waals surface area (Å²) in [6, 6.07) is 9.56. The van der Waals surface area contributed by atoms with E-state index in [2.05, 4.69) is 16.3 Å². The Balaban J connectivity index is 1.54. The second-order valence-corrected chi connectivity index (χ2v) is 7.31. The van der Waals surface area contributed by atoms with Crippen LogP contribution in [0.1, 0.15) is 50.5 Å². The first-order chi connectivity index (χ1) is 12.2. The van der Waals surface area contributed by atoms with Crippen molar-refractivity contribution in [2.24, 2.45) is 5.92 Å². The van der Waals surface area contributed by atoms with Crippen LogP contribution in [0.25, 0.3) is 0 Å². The molecule has 5 nitrogen and oxygen atoms in total. The summed E-state index contributed by atoms with van der Waals surface area (Å²) in [5.74, 6) is 0.583. The topological polar surface area (TPSA) is 76.4 Å². The van der Waals surface area contributed by atoms with Crippen LogP contribution in [-0.2, 0) is 4.79 Å². The van der Waals surface area contributed by atoms with Crippen molar-refractivity contribution in [1.29, 1.82) is 5.26 Å². The predicted molar refractivity (Wildman–Crippen MR) is 97.0 cm³/mol. The monoisotopic (exact) mass is 341 g/mol. The Bertz CT molecular complexity index is 634. The first kappa shape index (κ1) is 17.9. The fourth-order valence-corrected chi connectivity index (χ4v) is 4.32. The molecule has 25 heavy (non-hydrogen) atoms. The molecule has 3 rings (SSSR count). The molecule has 1 saturated carbocycles. The Hall–Kier alpha value is -1.90. The van der Waals surface area contributed by atoms with Gasteiger partial charge in [-0.3, -0.25) is 9.69 Å². The summed E-state index contributed by atoms with van der Waals surface area (Å²) >= 11 is 0. The Kier molecular flexibility index (Phi) is 6.06. The zero-order chi connectivity index (χ0) is 17.6. The van der Waals surface area contributed by atoms with Crippen molar-refractivity contribution in [3.8, 4) is 6.07 Å². The van der Waals surface area contributed by atoms with Gasteiger partial charge in [-0.05, 0) is 37.3 Å². The smallest absolute Gasteiger partial charge is 0.225 e. The molecule has 1 amide bonds. The molecule has 1 aliphatic carbocycles. The third-order valence-electron chi connectivity index (χ3n) is 5.57. The lowest BCUT2D eigenvalue weighted by Crippen LogP contribution is -2.38. The Morgan fingerprint density at radius 1 is 1.28 bits per heavy atom. The number of benzene rings is 1. The summed E-state index contributed by atoms with van der Waals surface area (Å²) < 4.78 is 0. The van der Waals surface area contributed by atoms with Gasteiger partial charge in [0.1, 0.15) is 6.07 Å². The maximum Gasteiger partial charge on any atom is 0.225 e. The van der Waals surface area contributed by atoms with Crippen LogP contribution in [0.2, 0.25) is 0 Å². The second kappa shape index (κ2) is 8.46. The van der Waals surface area contributed by atoms with Crippen LogP contribution < -0.4 is 5.32 Å². The fraction of sp³-hybridized carbons (Fsp3) is 0.600. The Morgan fingerprint density at radius 2 is 2.04 bits per heavy atom. The lowest BCUT2D eigenvalue weighted by atomic mass is 9.82. The van der Waals surface area contributed by atoms with Gasteiger partial charge in [-0.15, -0.1) is 0 Å². The van der Waals surface area contributed by atoms with Crippen molar-refractivity contribution in [2.75, 3.05) is 18.4 Å². The average Bonchev–Trinajstić information content (AvgIpc) is 3.02. The van der Waals surface area contributed by atoms with Gasteiger partial charge in [-0.2, -0.15) is 5.26 Å². The molecule has 1 aromatic carbocycles. The molecule has 1 heterocycles. The summed E-state index contributed by atoms with van der Waals surface area (Å²) in [5.41, 5.74) is 1.05. The number of nitrogens with one attached hydrogen (secondary N) is 1. The average molecular weight is 341 g/mol. The molecule has 0 unspecified atom stereocenters. The molecule has 0 spiro atoms. The van der Waals surface area contributed by atoms with Crippen molar-refractivity contribution in [1.82, 2.24) is 4.90 Å². The third kappa shape index (κ3) is 4.59. The van der Waals surface area contributed by atoms with Crippen LogP contribution in [0, 0.1) is 17.2 Å². The number of rotatable bonds is 5. The van der Waals surface area contributed by atoms with Crippen LogP contribution in [0.3, 0.4) is 0 Å². The van der Waals surface area contributed by atoms with Gasteiger partial charge in [-0.1, -0.05) is 31.4 Å². The van der Waals surface area contributed by atoms with Crippen LogP contribution in [0.15, 0.2) is 24.3 Å². The van der Waals surface area contributed by atoms with E-state index in [9.17, 15) is 9.90 Å². The van der Waals surface area contributed by atoms with Gasteiger partial charge in [0.25, 0.3) is 0 Å². The van der Waals surface area contributed by atoms with Crippen LogP contribution in [0.4, 0.5) is 5.69 Å². The Labute approximate surface area is 149 Å². The summed E-state index contributed by atoms with van der Waals surface area (Å²) in [6.45, 7) is 1.34. The number of carbonyl (C=O) groups is 1. The standard InChI is InChI=1S/C20H27N3O2/c21-13-16-8-4-5-9-18(16)22-20(25)10-11-23-14-17(24)12-19(23)15-6-2-1-3-7-15/h4-5,8-9,15,17,19,24H,1-3,6-7,10-12,14H2,(H,22,25)/t17-,19-/m1/s1. The predicted octanol–water partition coefficient (Wildman–Crippen LogP) is 2.90. The third-order valence-corrected chi connectivity index (χ3v) is 5.57. The Morgan fingerprint density at radius 3 is 2.80 bits per heavy atom. The molecule has 0 bridgehead atoms. The van der Waals surface area contributed by atoms with Gasteiger partial charge >= 0.3 is 0 Å². The number of para-hydroxylation sites is 1. The van der Waals surface area contributed by atoms with E-state index < -0.39 is 0 Å². The SMILES string of the molecule is N#Cc1ccccc1NC(=O)CCN1C[C@H](O)C[C@@H]1C1CCCCC1. The first-order valence-corrected chi connectivity index (χ1v) is 9.38. The molecule has 1 aliphatic heterocycles. The molecule has 0 radical (unpaired) electrons. The number of likely N-dealkylation sites (tertiary alicyclic amines) is 1. The van der Waals surface area contributed by atoms with Crippen LogP contribution >= 0.6 is 0 Å². The molecule has 1 saturated heterocycles. The molecular weight excluding hydrogens is 314 g/mol. The highest BCUT2D eigenvalue weighted by atomic mass is 16.3. The van der Waals surface area contributed by atoms with E-state index in [1.54, 1.807) is 18.2 Å². The minimum atomic E-state index is -0.269. The number of hydrogen-bond donors (Lipinski definition) is 2. The minimum absolute atomic E-state index is 0.0773. The lowest BCUT2D eigenvalue weighted by Gasteiger charge is -2.33. The molecule has 5 heteroatoms. The first-order valence-electron chi connectivity index (χ1n) is 9.38. The molecular formula is C20H27N3O2. The summed E-state index contributed by atoms with van der Waals surface area (Å²) in [5, 5.41) is 22.0. The normalized spacial score (nSPS) is 24.8. The largest absolute Gasteiger partial charge is 0.392 e. The van der Waals surface area contributed by atoms with Gasteiger partial charge < -0.3 is 10.4 Å². The number of anilines is 1. The van der Waals surface area contributed by atoms with Crippen LogP contribution in [0.5, 0.6) is 0 Å². The van der Waals surface area contributed by atoms with Crippen molar-refractivity contribution in [3.05, 3.63) is 29.8 Å². The fourth-order valence-electron chi connectivity index (χ4n) is 4.32. The van der Waals surface area contributed by atoms with E-state index in [4.69, 9.17) is 5.26 Å². The van der Waals surface area contributed by atoms with Gasteiger partial charge in [0.05, 0.1) is 17.4 Å². The van der Waals surface area contributed by atoms with E-state index in [1.807, 2.05) is 6.07 Å². The van der Waals surface area contributed by atoms with Gasteiger partial charge in [-0.25, -0.2) is 0 Å². The van der Waals surface area contributed by atoms with Crippen molar-refractivity contribution < 1.29 is 9.90 Å². The molecule has 1 aromatic rings. The number of aliphatic hydroxyl groups excluding tert-OH is 1. The highest BCUT2D eigenvalue weighted by Gasteiger charge is 2.36. The highest BCUT2D eigenvalue weighted by Crippen LogP contribution is 2.34. The van der Waals surface area contributed by atoms with Gasteiger partial charge in [0, 0.05) is 25.6 Å². The number of nitrogens with zero attached hydrogens (tertiary/aromatic N) is 2. The number of nitriles is 1. The molecule has 134 valence electrons.